The van der Waals surface area contributed by atoms with Crippen LogP contribution in [0.3, 0.4) is 0 Å². The first kappa shape index (κ1) is 15.0. The molecular weight excluding hydrogens is 256 g/mol. The molecule has 1 rings (SSSR count). The van der Waals surface area contributed by atoms with Crippen LogP contribution >= 0.6 is 11.6 Å². The Morgan fingerprint density at radius 2 is 2.06 bits per heavy atom. The summed E-state index contributed by atoms with van der Waals surface area (Å²) in [6.07, 6.45) is 0.871. The van der Waals surface area contributed by atoms with Gasteiger partial charge < -0.3 is 9.16 Å². The molecule has 0 unspecified atom stereocenters. The van der Waals surface area contributed by atoms with Gasteiger partial charge >= 0.3 is 5.97 Å². The Kier molecular flexibility index (Phi) is 4.66. The lowest BCUT2D eigenvalue weighted by atomic mass is 10.1. The van der Waals surface area contributed by atoms with Gasteiger partial charge in [-0.1, -0.05) is 20.8 Å². The van der Waals surface area contributed by atoms with E-state index in [0.29, 0.717) is 12.3 Å². The fraction of sp³-hybridized carbons (Fsp3) is 0.917. The molecule has 0 radical (unpaired) electrons. The summed E-state index contributed by atoms with van der Waals surface area (Å²) in [4.78, 5) is 11.4. The molecule has 2 atom stereocenters. The number of halogens is 1. The fourth-order valence-electron chi connectivity index (χ4n) is 1.62. The number of carbonyl (C=O) groups excluding carboxylic acids is 1. The zero-order chi connectivity index (χ0) is 13.3. The molecule has 100 valence electrons. The third-order valence-corrected chi connectivity index (χ3v) is 8.54. The lowest BCUT2D eigenvalue weighted by Crippen LogP contribution is -2.47. The Labute approximate surface area is 110 Å². The third kappa shape index (κ3) is 3.97. The van der Waals surface area contributed by atoms with Crippen molar-refractivity contribution in [3.8, 4) is 0 Å². The molecule has 0 N–H and O–H groups in total. The zero-order valence-electron chi connectivity index (χ0n) is 11.4. The summed E-state index contributed by atoms with van der Waals surface area (Å²) in [5, 5.41) is 0.158. The van der Waals surface area contributed by atoms with Gasteiger partial charge in [0.2, 0.25) is 0 Å². The molecule has 0 spiro atoms. The maximum Gasteiger partial charge on any atom is 0.308 e. The summed E-state index contributed by atoms with van der Waals surface area (Å²) in [5.41, 5.74) is 0. The van der Waals surface area contributed by atoms with Crippen LogP contribution in [0.5, 0.6) is 0 Å². The summed E-state index contributed by atoms with van der Waals surface area (Å²) in [6, 6.07) is 0. The van der Waals surface area contributed by atoms with Crippen molar-refractivity contribution in [2.75, 3.05) is 5.88 Å². The third-order valence-electron chi connectivity index (χ3n) is 3.66. The number of esters is 1. The minimum absolute atomic E-state index is 0.0270. The summed E-state index contributed by atoms with van der Waals surface area (Å²) < 4.78 is 11.4. The first-order valence-corrected chi connectivity index (χ1v) is 9.53. The molecule has 3 nitrogen and oxygen atoms in total. The minimum Gasteiger partial charge on any atom is -0.461 e. The molecular formula is C12H23ClO3Si. The molecule has 5 heteroatoms. The summed E-state index contributed by atoms with van der Waals surface area (Å²) in [6.45, 7) is 11.0. The SMILES string of the molecule is CC(C)(C)[Si](C)(C)O[C@H]1CC(=O)O[C@H](CCl)C1. The highest BCUT2D eigenvalue weighted by atomic mass is 35.5. The van der Waals surface area contributed by atoms with E-state index in [2.05, 4.69) is 33.9 Å². The van der Waals surface area contributed by atoms with Gasteiger partial charge in [0.1, 0.15) is 6.10 Å². The molecule has 0 saturated carbocycles. The van der Waals surface area contributed by atoms with Crippen LogP contribution in [0, 0.1) is 0 Å². The first-order valence-electron chi connectivity index (χ1n) is 6.09. The molecule has 17 heavy (non-hydrogen) atoms. The normalized spacial score (nSPS) is 26.8. The van der Waals surface area contributed by atoms with Gasteiger partial charge in [-0.3, -0.25) is 4.79 Å². The summed E-state index contributed by atoms with van der Waals surface area (Å²) in [5.74, 6) is 0.161. The zero-order valence-corrected chi connectivity index (χ0v) is 13.1. The van der Waals surface area contributed by atoms with Crippen LogP contribution in [-0.2, 0) is 14.0 Å². The molecule has 1 heterocycles. The van der Waals surface area contributed by atoms with Gasteiger partial charge in [-0.05, 0) is 18.1 Å². The average molecular weight is 279 g/mol. The Morgan fingerprint density at radius 3 is 2.53 bits per heavy atom. The topological polar surface area (TPSA) is 35.5 Å². The van der Waals surface area contributed by atoms with Crippen LogP contribution in [0.4, 0.5) is 0 Å². The Balaban J connectivity index is 2.65. The van der Waals surface area contributed by atoms with Gasteiger partial charge in [-0.25, -0.2) is 0 Å². The van der Waals surface area contributed by atoms with Gasteiger partial charge in [-0.15, -0.1) is 11.6 Å². The van der Waals surface area contributed by atoms with Crippen LogP contribution in [0.2, 0.25) is 18.1 Å². The van der Waals surface area contributed by atoms with Crippen LogP contribution in [0.1, 0.15) is 33.6 Å². The quantitative estimate of drug-likeness (QED) is 0.451. The highest BCUT2D eigenvalue weighted by Gasteiger charge is 2.41. The number of alkyl halides is 1. The first-order chi connectivity index (χ1) is 7.65. The van der Waals surface area contributed by atoms with Crippen LogP contribution in [-0.4, -0.2) is 32.4 Å². The second-order valence-corrected chi connectivity index (χ2v) is 11.3. The van der Waals surface area contributed by atoms with Crippen molar-refractivity contribution in [3.05, 3.63) is 0 Å². The van der Waals surface area contributed by atoms with Gasteiger partial charge in [-0.2, -0.15) is 0 Å². The van der Waals surface area contributed by atoms with Crippen molar-refractivity contribution in [2.24, 2.45) is 0 Å². The molecule has 0 bridgehead atoms. The van der Waals surface area contributed by atoms with Gasteiger partial charge in [0.05, 0.1) is 18.4 Å². The van der Waals surface area contributed by atoms with E-state index in [9.17, 15) is 4.79 Å². The van der Waals surface area contributed by atoms with Crippen molar-refractivity contribution < 1.29 is 14.0 Å². The van der Waals surface area contributed by atoms with E-state index in [0.717, 1.165) is 6.42 Å². The van der Waals surface area contributed by atoms with Crippen molar-refractivity contribution in [1.82, 2.24) is 0 Å². The highest BCUT2D eigenvalue weighted by Crippen LogP contribution is 2.38. The fourth-order valence-corrected chi connectivity index (χ4v) is 3.18. The van der Waals surface area contributed by atoms with Crippen molar-refractivity contribution in [2.45, 2.75) is 64.0 Å². The number of rotatable bonds is 3. The number of cyclic esters (lactones) is 1. The number of hydrogen-bond donors (Lipinski definition) is 0. The van der Waals surface area contributed by atoms with E-state index < -0.39 is 8.32 Å². The van der Waals surface area contributed by atoms with Gasteiger partial charge in [0.15, 0.2) is 8.32 Å². The molecule has 0 aromatic heterocycles. The number of hydrogen-bond acceptors (Lipinski definition) is 3. The van der Waals surface area contributed by atoms with Crippen molar-refractivity contribution in [1.29, 1.82) is 0 Å². The maximum atomic E-state index is 11.4. The lowest BCUT2D eigenvalue weighted by molar-refractivity contribution is -0.157. The number of carbonyl (C=O) groups is 1. The minimum atomic E-state index is -1.82. The Morgan fingerprint density at radius 1 is 1.47 bits per heavy atom. The molecule has 0 aromatic carbocycles. The van der Waals surface area contributed by atoms with Crippen LogP contribution in [0.25, 0.3) is 0 Å². The van der Waals surface area contributed by atoms with Gasteiger partial charge in [0.25, 0.3) is 0 Å². The van der Waals surface area contributed by atoms with E-state index in [1.165, 1.54) is 0 Å². The van der Waals surface area contributed by atoms with Crippen molar-refractivity contribution in [3.63, 3.8) is 0 Å². The van der Waals surface area contributed by atoms with E-state index in [1.807, 2.05) is 0 Å². The molecule has 1 aliphatic rings. The predicted molar refractivity (Wildman–Crippen MR) is 71.9 cm³/mol. The summed E-state index contributed by atoms with van der Waals surface area (Å²) in [7, 11) is -1.82. The molecule has 1 aliphatic heterocycles. The monoisotopic (exact) mass is 278 g/mol. The van der Waals surface area contributed by atoms with E-state index in [4.69, 9.17) is 20.8 Å². The molecule has 1 fully saturated rings. The Hall–Kier alpha value is -0.0631. The standard InChI is InChI=1S/C12H23ClO3Si/c1-12(2,3)17(4,5)16-9-6-10(8-13)15-11(14)7-9/h9-10H,6-8H2,1-5H3/t9-,10+/m1/s1. The van der Waals surface area contributed by atoms with E-state index >= 15 is 0 Å². The Bertz CT molecular complexity index is 286. The second-order valence-electron chi connectivity index (χ2n) is 6.21. The molecule has 0 aliphatic carbocycles. The molecule has 0 aromatic rings. The highest BCUT2D eigenvalue weighted by molar-refractivity contribution is 6.74. The largest absolute Gasteiger partial charge is 0.461 e. The van der Waals surface area contributed by atoms with Crippen LogP contribution < -0.4 is 0 Å². The smallest absolute Gasteiger partial charge is 0.308 e. The van der Waals surface area contributed by atoms with Crippen molar-refractivity contribution >= 4 is 25.9 Å². The van der Waals surface area contributed by atoms with E-state index in [-0.39, 0.29) is 23.2 Å². The summed E-state index contributed by atoms with van der Waals surface area (Å²) >= 11 is 5.75. The number of ether oxygens (including phenoxy) is 1. The molecule has 0 amide bonds. The molecule has 1 saturated heterocycles. The maximum absolute atomic E-state index is 11.4. The van der Waals surface area contributed by atoms with Gasteiger partial charge in [0, 0.05) is 6.42 Å². The van der Waals surface area contributed by atoms with Crippen LogP contribution in [0.15, 0.2) is 0 Å². The predicted octanol–water partition coefficient (Wildman–Crippen LogP) is 3.32. The van der Waals surface area contributed by atoms with E-state index in [1.54, 1.807) is 0 Å². The second kappa shape index (κ2) is 5.29. The lowest BCUT2D eigenvalue weighted by Gasteiger charge is -2.41. The average Bonchev–Trinajstić information content (AvgIpc) is 2.14.